The Bertz CT molecular complexity index is 439. The fourth-order valence-electron chi connectivity index (χ4n) is 2.79. The zero-order valence-corrected chi connectivity index (χ0v) is 13.2. The number of para-hydroxylation sites is 1. The molecule has 1 aliphatic rings. The van der Waals surface area contributed by atoms with Crippen LogP contribution in [-0.2, 0) is 4.74 Å². The maximum Gasteiger partial charge on any atom is 0.124 e. The highest BCUT2D eigenvalue weighted by Crippen LogP contribution is 2.29. The molecule has 1 fully saturated rings. The highest BCUT2D eigenvalue weighted by atomic mass is 16.5. The van der Waals surface area contributed by atoms with Gasteiger partial charge in [-0.25, -0.2) is 0 Å². The summed E-state index contributed by atoms with van der Waals surface area (Å²) < 4.78 is 11.7. The summed E-state index contributed by atoms with van der Waals surface area (Å²) in [4.78, 5) is 2.42. The van der Waals surface area contributed by atoms with Gasteiger partial charge in [0.25, 0.3) is 0 Å². The van der Waals surface area contributed by atoms with Crippen LogP contribution in [0.2, 0.25) is 0 Å². The molecule has 1 saturated heterocycles. The molecule has 1 heterocycles. The van der Waals surface area contributed by atoms with Crippen molar-refractivity contribution in [2.75, 3.05) is 26.3 Å². The van der Waals surface area contributed by atoms with E-state index in [-0.39, 0.29) is 12.1 Å². The lowest BCUT2D eigenvalue weighted by atomic mass is 9.99. The van der Waals surface area contributed by atoms with Crippen molar-refractivity contribution < 1.29 is 9.47 Å². The van der Waals surface area contributed by atoms with Gasteiger partial charge in [0.2, 0.25) is 0 Å². The van der Waals surface area contributed by atoms with Crippen molar-refractivity contribution in [3.63, 3.8) is 0 Å². The van der Waals surface area contributed by atoms with Gasteiger partial charge in [-0.3, -0.25) is 16.2 Å². The zero-order chi connectivity index (χ0) is 15.2. The van der Waals surface area contributed by atoms with Gasteiger partial charge in [0.15, 0.2) is 0 Å². The molecule has 2 atom stereocenters. The predicted molar refractivity (Wildman–Crippen MR) is 84.1 cm³/mol. The Balaban J connectivity index is 2.19. The molecule has 0 spiro atoms. The average molecular weight is 293 g/mol. The second kappa shape index (κ2) is 7.75. The molecule has 21 heavy (non-hydrogen) atoms. The smallest absolute Gasteiger partial charge is 0.124 e. The van der Waals surface area contributed by atoms with Gasteiger partial charge >= 0.3 is 0 Å². The maximum atomic E-state index is 5.96. The van der Waals surface area contributed by atoms with Crippen molar-refractivity contribution >= 4 is 0 Å². The van der Waals surface area contributed by atoms with Crippen LogP contribution in [0.5, 0.6) is 5.75 Å². The third-order valence-electron chi connectivity index (χ3n) is 3.96. The van der Waals surface area contributed by atoms with E-state index < -0.39 is 0 Å². The van der Waals surface area contributed by atoms with Gasteiger partial charge in [-0.1, -0.05) is 18.2 Å². The van der Waals surface area contributed by atoms with Crippen molar-refractivity contribution in [3.05, 3.63) is 29.8 Å². The Morgan fingerprint density at radius 3 is 2.86 bits per heavy atom. The third-order valence-corrected chi connectivity index (χ3v) is 3.96. The van der Waals surface area contributed by atoms with Crippen LogP contribution in [0.15, 0.2) is 24.3 Å². The van der Waals surface area contributed by atoms with E-state index in [2.05, 4.69) is 24.2 Å². The predicted octanol–water partition coefficient (Wildman–Crippen LogP) is 1.70. The number of ether oxygens (including phenoxy) is 2. The average Bonchev–Trinajstić information content (AvgIpc) is 2.50. The molecule has 0 bridgehead atoms. The first kappa shape index (κ1) is 16.2. The molecule has 0 amide bonds. The van der Waals surface area contributed by atoms with Crippen LogP contribution in [-0.4, -0.2) is 43.3 Å². The van der Waals surface area contributed by atoms with Crippen LogP contribution < -0.4 is 16.0 Å². The quantitative estimate of drug-likeness (QED) is 0.617. The molecule has 1 aliphatic heterocycles. The highest BCUT2D eigenvalue weighted by molar-refractivity contribution is 5.36. The molecule has 0 saturated carbocycles. The number of nitrogens with two attached hydrogens (primary N) is 1. The number of hydrogen-bond donors (Lipinski definition) is 2. The van der Waals surface area contributed by atoms with Crippen LogP contribution in [0.1, 0.15) is 32.4 Å². The van der Waals surface area contributed by atoms with Crippen molar-refractivity contribution in [1.82, 2.24) is 10.3 Å². The first-order valence-electron chi connectivity index (χ1n) is 7.70. The Morgan fingerprint density at radius 1 is 1.43 bits per heavy atom. The molecule has 1 aromatic rings. The minimum absolute atomic E-state index is 0.0211. The molecule has 1 aromatic carbocycles. The summed E-state index contributed by atoms with van der Waals surface area (Å²) in [5.74, 6) is 6.69. The molecule has 5 nitrogen and oxygen atoms in total. The molecule has 3 N–H and O–H groups in total. The Hall–Kier alpha value is -1.14. The first-order chi connectivity index (χ1) is 10.2. The number of nitrogens with zero attached hydrogens (tertiary/aromatic N) is 1. The lowest BCUT2D eigenvalue weighted by Crippen LogP contribution is -2.51. The number of hydrogen-bond acceptors (Lipinski definition) is 5. The van der Waals surface area contributed by atoms with E-state index in [9.17, 15) is 0 Å². The fraction of sp³-hybridized carbons (Fsp3) is 0.625. The standard InChI is InChI=1S/C16H27N3O2/c1-4-20-14-8-6-5-7-13(14)16(18-17)15-11-19(12(2)3)9-10-21-15/h5-8,12,15-16,18H,4,9-11,17H2,1-3H3. The second-order valence-electron chi connectivity index (χ2n) is 5.61. The first-order valence-corrected chi connectivity index (χ1v) is 7.70. The van der Waals surface area contributed by atoms with Gasteiger partial charge in [-0.15, -0.1) is 0 Å². The SMILES string of the molecule is CCOc1ccccc1C(NN)C1CN(C(C)C)CCO1. The summed E-state index contributed by atoms with van der Waals surface area (Å²) in [6.45, 7) is 9.61. The molecule has 118 valence electrons. The second-order valence-corrected chi connectivity index (χ2v) is 5.61. The fourth-order valence-corrected chi connectivity index (χ4v) is 2.79. The van der Waals surface area contributed by atoms with Crippen LogP contribution in [0.3, 0.4) is 0 Å². The largest absolute Gasteiger partial charge is 0.494 e. The van der Waals surface area contributed by atoms with Crippen molar-refractivity contribution in [3.8, 4) is 5.75 Å². The van der Waals surface area contributed by atoms with Gasteiger partial charge in [0.1, 0.15) is 5.75 Å². The van der Waals surface area contributed by atoms with Crippen molar-refractivity contribution in [1.29, 1.82) is 0 Å². The summed E-state index contributed by atoms with van der Waals surface area (Å²) in [6.07, 6.45) is 0.0211. The number of rotatable bonds is 6. The number of hydrazine groups is 1. The zero-order valence-electron chi connectivity index (χ0n) is 13.2. The van der Waals surface area contributed by atoms with Crippen molar-refractivity contribution in [2.24, 2.45) is 5.84 Å². The molecule has 0 radical (unpaired) electrons. The van der Waals surface area contributed by atoms with Crippen molar-refractivity contribution in [2.45, 2.75) is 39.0 Å². The molecule has 0 aliphatic carbocycles. The lowest BCUT2D eigenvalue weighted by molar-refractivity contribution is -0.0564. The minimum Gasteiger partial charge on any atom is -0.494 e. The van der Waals surface area contributed by atoms with E-state index in [1.54, 1.807) is 0 Å². The molecular formula is C16H27N3O2. The molecule has 2 rings (SSSR count). The van der Waals surface area contributed by atoms with Gasteiger partial charge < -0.3 is 9.47 Å². The number of morpholine rings is 1. The Morgan fingerprint density at radius 2 is 2.19 bits per heavy atom. The monoisotopic (exact) mass is 293 g/mol. The van der Waals surface area contributed by atoms with Crippen LogP contribution >= 0.6 is 0 Å². The van der Waals surface area contributed by atoms with Crippen LogP contribution in [0.25, 0.3) is 0 Å². The van der Waals surface area contributed by atoms with Gasteiger partial charge in [0.05, 0.1) is 25.4 Å². The van der Waals surface area contributed by atoms with Crippen LogP contribution in [0.4, 0.5) is 0 Å². The maximum absolute atomic E-state index is 5.96. The molecule has 5 heteroatoms. The Labute approximate surface area is 127 Å². The third kappa shape index (κ3) is 3.95. The van der Waals surface area contributed by atoms with E-state index in [0.29, 0.717) is 12.6 Å². The van der Waals surface area contributed by atoms with Gasteiger partial charge in [-0.2, -0.15) is 0 Å². The van der Waals surface area contributed by atoms with Crippen LogP contribution in [0, 0.1) is 0 Å². The Kier molecular flexibility index (Phi) is 5.99. The lowest BCUT2D eigenvalue weighted by Gasteiger charge is -2.39. The molecule has 2 unspecified atom stereocenters. The number of nitrogens with one attached hydrogen (secondary N) is 1. The summed E-state index contributed by atoms with van der Waals surface area (Å²) in [5.41, 5.74) is 3.97. The normalized spacial score (nSPS) is 21.5. The summed E-state index contributed by atoms with van der Waals surface area (Å²) >= 11 is 0. The van der Waals surface area contributed by atoms with E-state index in [0.717, 1.165) is 31.0 Å². The summed E-state index contributed by atoms with van der Waals surface area (Å²) in [5, 5.41) is 0. The topological polar surface area (TPSA) is 59.8 Å². The minimum atomic E-state index is -0.0747. The molecular weight excluding hydrogens is 266 g/mol. The summed E-state index contributed by atoms with van der Waals surface area (Å²) in [7, 11) is 0. The van der Waals surface area contributed by atoms with Gasteiger partial charge in [-0.05, 0) is 26.8 Å². The van der Waals surface area contributed by atoms with E-state index in [1.807, 2.05) is 31.2 Å². The highest BCUT2D eigenvalue weighted by Gasteiger charge is 2.31. The summed E-state index contributed by atoms with van der Waals surface area (Å²) in [6, 6.07) is 8.45. The van der Waals surface area contributed by atoms with E-state index in [4.69, 9.17) is 15.3 Å². The molecule has 0 aromatic heterocycles. The van der Waals surface area contributed by atoms with E-state index in [1.165, 1.54) is 0 Å². The van der Waals surface area contributed by atoms with E-state index >= 15 is 0 Å². The number of benzene rings is 1. The van der Waals surface area contributed by atoms with Gasteiger partial charge in [0, 0.05) is 24.7 Å².